The molecule has 0 bridgehead atoms. The van der Waals surface area contributed by atoms with E-state index in [1.165, 1.54) is 0 Å². The number of hydrogen-bond donors (Lipinski definition) is 2. The van der Waals surface area contributed by atoms with Gasteiger partial charge in [0.05, 0.1) is 13.0 Å². The summed E-state index contributed by atoms with van der Waals surface area (Å²) in [5, 5.41) is 11.0. The molecule has 17 heavy (non-hydrogen) atoms. The van der Waals surface area contributed by atoms with Gasteiger partial charge in [-0.1, -0.05) is 12.1 Å². The first-order valence-corrected chi connectivity index (χ1v) is 5.32. The number of carbonyl (C=O) groups is 2. The van der Waals surface area contributed by atoms with Gasteiger partial charge in [-0.3, -0.25) is 9.59 Å². The minimum absolute atomic E-state index is 0.0132. The number of anilines is 1. The van der Waals surface area contributed by atoms with Gasteiger partial charge >= 0.3 is 5.97 Å². The van der Waals surface area contributed by atoms with Gasteiger partial charge in [-0.25, -0.2) is 0 Å². The lowest BCUT2D eigenvalue weighted by atomic mass is 10.1. The van der Waals surface area contributed by atoms with Crippen molar-refractivity contribution in [2.45, 2.75) is 12.8 Å². The Morgan fingerprint density at radius 3 is 2.65 bits per heavy atom. The monoisotopic (exact) mass is 237 g/mol. The van der Waals surface area contributed by atoms with E-state index in [9.17, 15) is 9.59 Å². The molecule has 0 aliphatic rings. The molecule has 1 rings (SSSR count). The van der Waals surface area contributed by atoms with Crippen molar-refractivity contribution in [1.29, 1.82) is 0 Å². The maximum absolute atomic E-state index is 11.3. The molecule has 0 atom stereocenters. The molecule has 0 unspecified atom stereocenters. The van der Waals surface area contributed by atoms with Crippen LogP contribution in [0.3, 0.4) is 0 Å². The topological polar surface area (TPSA) is 75.6 Å². The van der Waals surface area contributed by atoms with Gasteiger partial charge in [-0.15, -0.1) is 0 Å². The first kappa shape index (κ1) is 13.2. The van der Waals surface area contributed by atoms with Crippen molar-refractivity contribution in [1.82, 2.24) is 0 Å². The zero-order valence-electron chi connectivity index (χ0n) is 9.39. The Kier molecular flexibility index (Phi) is 5.74. The molecule has 0 fully saturated rings. The predicted octanol–water partition coefficient (Wildman–Crippen LogP) is 0.723. The largest absolute Gasteiger partial charge is 0.465 e. The molecule has 2 N–H and O–H groups in total. The van der Waals surface area contributed by atoms with Crippen LogP contribution in [0.1, 0.15) is 12.0 Å². The number of aliphatic hydroxyl groups is 1. The van der Waals surface area contributed by atoms with Gasteiger partial charge in [0, 0.05) is 18.7 Å². The molecule has 0 radical (unpaired) electrons. The predicted molar refractivity (Wildman–Crippen MR) is 62.5 cm³/mol. The summed E-state index contributed by atoms with van der Waals surface area (Å²) in [6, 6.07) is 6.92. The minimum Gasteiger partial charge on any atom is -0.465 e. The van der Waals surface area contributed by atoms with Crippen molar-refractivity contribution in [2.24, 2.45) is 0 Å². The highest BCUT2D eigenvalue weighted by atomic mass is 16.5. The Balaban J connectivity index is 2.40. The van der Waals surface area contributed by atoms with Gasteiger partial charge in [0.15, 0.2) is 0 Å². The first-order chi connectivity index (χ1) is 8.26. The molecule has 0 heterocycles. The first-order valence-electron chi connectivity index (χ1n) is 5.32. The molecule has 0 aliphatic carbocycles. The van der Waals surface area contributed by atoms with Gasteiger partial charge in [0.1, 0.15) is 0 Å². The van der Waals surface area contributed by atoms with Crippen LogP contribution in [0.2, 0.25) is 0 Å². The Bertz CT molecular complexity index is 361. The van der Waals surface area contributed by atoms with Crippen LogP contribution in [0.25, 0.3) is 0 Å². The van der Waals surface area contributed by atoms with Gasteiger partial charge in [0.2, 0.25) is 6.41 Å². The van der Waals surface area contributed by atoms with Crippen LogP contribution in [0.5, 0.6) is 0 Å². The number of aliphatic hydroxyl groups excluding tert-OH is 1. The Labute approximate surface area is 99.4 Å². The highest BCUT2D eigenvalue weighted by molar-refractivity contribution is 5.74. The highest BCUT2D eigenvalue weighted by Gasteiger charge is 2.04. The van der Waals surface area contributed by atoms with Gasteiger partial charge in [-0.05, 0) is 17.7 Å². The lowest BCUT2D eigenvalue weighted by molar-refractivity contribution is -0.143. The third kappa shape index (κ3) is 5.12. The smallest absolute Gasteiger partial charge is 0.310 e. The molecule has 1 aromatic carbocycles. The second kappa shape index (κ2) is 7.40. The Hall–Kier alpha value is -1.88. The molecule has 92 valence electrons. The Morgan fingerprint density at radius 2 is 2.06 bits per heavy atom. The van der Waals surface area contributed by atoms with Crippen LogP contribution in [0, 0.1) is 0 Å². The van der Waals surface area contributed by atoms with Gasteiger partial charge in [0.25, 0.3) is 0 Å². The van der Waals surface area contributed by atoms with Crippen LogP contribution in [0.15, 0.2) is 24.3 Å². The van der Waals surface area contributed by atoms with Crippen LogP contribution in [-0.4, -0.2) is 30.7 Å². The fourth-order valence-corrected chi connectivity index (χ4v) is 1.26. The highest BCUT2D eigenvalue weighted by Crippen LogP contribution is 2.09. The minimum atomic E-state index is -0.324. The SMILES string of the molecule is O=CNc1ccc(CC(=O)OCCCO)cc1. The Morgan fingerprint density at radius 1 is 1.35 bits per heavy atom. The molecule has 0 aromatic heterocycles. The summed E-state index contributed by atoms with van der Waals surface area (Å²) in [5.41, 5.74) is 1.49. The second-order valence-corrected chi connectivity index (χ2v) is 3.43. The van der Waals surface area contributed by atoms with Crippen molar-refractivity contribution >= 4 is 18.1 Å². The molecule has 0 saturated carbocycles. The lowest BCUT2D eigenvalue weighted by Crippen LogP contribution is -2.09. The summed E-state index contributed by atoms with van der Waals surface area (Å²) in [5.74, 6) is -0.324. The normalized spacial score (nSPS) is 9.71. The van der Waals surface area contributed by atoms with Crippen LogP contribution in [-0.2, 0) is 20.7 Å². The van der Waals surface area contributed by atoms with Crippen molar-refractivity contribution in [3.05, 3.63) is 29.8 Å². The molecule has 5 heteroatoms. The van der Waals surface area contributed by atoms with Crippen LogP contribution >= 0.6 is 0 Å². The van der Waals surface area contributed by atoms with Crippen molar-refractivity contribution in [3.8, 4) is 0 Å². The average Bonchev–Trinajstić information content (AvgIpc) is 2.32. The number of esters is 1. The van der Waals surface area contributed by atoms with E-state index in [1.807, 2.05) is 0 Å². The molecule has 0 spiro atoms. The van der Waals surface area contributed by atoms with E-state index < -0.39 is 0 Å². The third-order valence-corrected chi connectivity index (χ3v) is 2.09. The lowest BCUT2D eigenvalue weighted by Gasteiger charge is -2.04. The summed E-state index contributed by atoms with van der Waals surface area (Å²) in [6.07, 6.45) is 1.24. The molecule has 1 amide bonds. The fourth-order valence-electron chi connectivity index (χ4n) is 1.26. The molecule has 5 nitrogen and oxygen atoms in total. The number of rotatable bonds is 7. The third-order valence-electron chi connectivity index (χ3n) is 2.09. The standard InChI is InChI=1S/C12H15NO4/c14-6-1-7-17-12(16)8-10-2-4-11(5-3-10)13-9-15/h2-5,9,14H,1,6-8H2,(H,13,15). The fraction of sp³-hybridized carbons (Fsp3) is 0.333. The number of amides is 1. The maximum atomic E-state index is 11.3. The summed E-state index contributed by atoms with van der Waals surface area (Å²) < 4.78 is 4.89. The average molecular weight is 237 g/mol. The number of benzene rings is 1. The van der Waals surface area contributed by atoms with E-state index in [0.717, 1.165) is 5.56 Å². The van der Waals surface area contributed by atoms with Crippen LogP contribution < -0.4 is 5.32 Å². The maximum Gasteiger partial charge on any atom is 0.310 e. The van der Waals surface area contributed by atoms with Crippen molar-refractivity contribution < 1.29 is 19.4 Å². The van der Waals surface area contributed by atoms with E-state index >= 15 is 0 Å². The summed E-state index contributed by atoms with van der Waals surface area (Å²) in [6.45, 7) is 0.249. The number of ether oxygens (including phenoxy) is 1. The van der Waals surface area contributed by atoms with Crippen molar-refractivity contribution in [3.63, 3.8) is 0 Å². The molecule has 0 saturated heterocycles. The van der Waals surface area contributed by atoms with E-state index in [1.54, 1.807) is 24.3 Å². The van der Waals surface area contributed by atoms with Crippen LogP contribution in [0.4, 0.5) is 5.69 Å². The van der Waals surface area contributed by atoms with E-state index in [-0.39, 0.29) is 25.6 Å². The van der Waals surface area contributed by atoms with Crippen molar-refractivity contribution in [2.75, 3.05) is 18.5 Å². The zero-order valence-corrected chi connectivity index (χ0v) is 9.39. The quantitative estimate of drug-likeness (QED) is 0.416. The summed E-state index contributed by atoms with van der Waals surface area (Å²) >= 11 is 0. The van der Waals surface area contributed by atoms with E-state index in [0.29, 0.717) is 18.5 Å². The molecule has 0 aliphatic heterocycles. The summed E-state index contributed by atoms with van der Waals surface area (Å²) in [4.78, 5) is 21.5. The molecule has 1 aromatic rings. The van der Waals surface area contributed by atoms with E-state index in [2.05, 4.69) is 5.32 Å². The summed E-state index contributed by atoms with van der Waals surface area (Å²) in [7, 11) is 0. The number of nitrogens with one attached hydrogen (secondary N) is 1. The number of hydrogen-bond acceptors (Lipinski definition) is 4. The zero-order chi connectivity index (χ0) is 12.5. The molecular weight excluding hydrogens is 222 g/mol. The van der Waals surface area contributed by atoms with Gasteiger partial charge < -0.3 is 15.2 Å². The molecular formula is C12H15NO4. The second-order valence-electron chi connectivity index (χ2n) is 3.43. The van der Waals surface area contributed by atoms with E-state index in [4.69, 9.17) is 9.84 Å². The van der Waals surface area contributed by atoms with Gasteiger partial charge in [-0.2, -0.15) is 0 Å². The number of carbonyl (C=O) groups excluding carboxylic acids is 2.